The van der Waals surface area contributed by atoms with Crippen LogP contribution in [0.15, 0.2) is 0 Å². The van der Waals surface area contributed by atoms with E-state index in [1.807, 2.05) is 0 Å². The summed E-state index contributed by atoms with van der Waals surface area (Å²) in [5.41, 5.74) is 0. The summed E-state index contributed by atoms with van der Waals surface area (Å²) in [5, 5.41) is 9.12. The summed E-state index contributed by atoms with van der Waals surface area (Å²) in [4.78, 5) is 4.53. The SMILES string of the molecule is Cl.NOCC1CCC(O)CC1. The number of aliphatic hydroxyl groups excluding tert-OH is 1. The van der Waals surface area contributed by atoms with Crippen molar-refractivity contribution >= 4 is 12.4 Å². The second kappa shape index (κ2) is 5.77. The minimum atomic E-state index is -0.0750. The molecule has 0 aromatic carbocycles. The summed E-state index contributed by atoms with van der Waals surface area (Å²) >= 11 is 0. The smallest absolute Gasteiger partial charge is 0.0707 e. The van der Waals surface area contributed by atoms with Gasteiger partial charge in [-0.15, -0.1) is 12.4 Å². The van der Waals surface area contributed by atoms with Crippen molar-refractivity contribution in [1.29, 1.82) is 0 Å². The zero-order valence-corrected chi connectivity index (χ0v) is 7.35. The van der Waals surface area contributed by atoms with Crippen molar-refractivity contribution in [2.45, 2.75) is 31.8 Å². The zero-order chi connectivity index (χ0) is 7.40. The minimum Gasteiger partial charge on any atom is -0.393 e. The van der Waals surface area contributed by atoms with Crippen molar-refractivity contribution in [2.24, 2.45) is 11.8 Å². The van der Waals surface area contributed by atoms with Crippen LogP contribution in [0.4, 0.5) is 0 Å². The molecule has 0 atom stereocenters. The van der Waals surface area contributed by atoms with Gasteiger partial charge in [0.1, 0.15) is 0 Å². The molecule has 3 N–H and O–H groups in total. The Kier molecular flexibility index (Phi) is 5.86. The highest BCUT2D eigenvalue weighted by atomic mass is 35.5. The van der Waals surface area contributed by atoms with Gasteiger partial charge in [0.05, 0.1) is 12.7 Å². The second-order valence-corrected chi connectivity index (χ2v) is 3.01. The third-order valence-corrected chi connectivity index (χ3v) is 2.15. The molecule has 1 fully saturated rings. The molecule has 1 rings (SSSR count). The lowest BCUT2D eigenvalue weighted by atomic mass is 9.88. The van der Waals surface area contributed by atoms with Crippen LogP contribution in [0.1, 0.15) is 25.7 Å². The fourth-order valence-corrected chi connectivity index (χ4v) is 1.45. The molecule has 0 saturated heterocycles. The predicted octanol–water partition coefficient (Wildman–Crippen LogP) is 0.850. The standard InChI is InChI=1S/C7H15NO2.ClH/c8-10-5-6-1-3-7(9)4-2-6;/h6-7,9H,1-5,8H2;1H. The molecule has 68 valence electrons. The highest BCUT2D eigenvalue weighted by Crippen LogP contribution is 2.23. The Hall–Kier alpha value is 0.170. The lowest BCUT2D eigenvalue weighted by molar-refractivity contribution is 0.0515. The van der Waals surface area contributed by atoms with E-state index in [0.29, 0.717) is 12.5 Å². The Balaban J connectivity index is 0.000001000. The van der Waals surface area contributed by atoms with Gasteiger partial charge >= 0.3 is 0 Å². The fourth-order valence-electron chi connectivity index (χ4n) is 1.45. The Morgan fingerprint density at radius 2 is 1.82 bits per heavy atom. The molecule has 0 unspecified atom stereocenters. The number of rotatable bonds is 2. The molecule has 0 heterocycles. The number of hydrogen-bond acceptors (Lipinski definition) is 3. The molecule has 0 radical (unpaired) electrons. The average Bonchev–Trinajstić information content (AvgIpc) is 1.95. The molecule has 1 aliphatic rings. The molecule has 0 spiro atoms. The third-order valence-electron chi connectivity index (χ3n) is 2.15. The summed E-state index contributed by atoms with van der Waals surface area (Å²) in [5.74, 6) is 5.51. The Labute approximate surface area is 73.3 Å². The first kappa shape index (κ1) is 11.2. The second-order valence-electron chi connectivity index (χ2n) is 3.01. The fraction of sp³-hybridized carbons (Fsp3) is 1.00. The largest absolute Gasteiger partial charge is 0.393 e. The van der Waals surface area contributed by atoms with Crippen molar-refractivity contribution in [1.82, 2.24) is 0 Å². The molecule has 0 amide bonds. The van der Waals surface area contributed by atoms with E-state index in [2.05, 4.69) is 4.84 Å². The molecule has 1 saturated carbocycles. The van der Waals surface area contributed by atoms with Crippen LogP contribution in [0, 0.1) is 5.92 Å². The summed E-state index contributed by atoms with van der Waals surface area (Å²) in [6.45, 7) is 0.646. The van der Waals surface area contributed by atoms with Crippen molar-refractivity contribution in [3.8, 4) is 0 Å². The molecule has 1 aliphatic carbocycles. The summed E-state index contributed by atoms with van der Waals surface area (Å²) < 4.78 is 0. The van der Waals surface area contributed by atoms with E-state index in [1.165, 1.54) is 0 Å². The predicted molar refractivity (Wildman–Crippen MR) is 45.4 cm³/mol. The minimum absolute atomic E-state index is 0. The summed E-state index contributed by atoms with van der Waals surface area (Å²) in [7, 11) is 0. The first-order valence-corrected chi connectivity index (χ1v) is 3.82. The van der Waals surface area contributed by atoms with Crippen molar-refractivity contribution < 1.29 is 9.94 Å². The first-order valence-electron chi connectivity index (χ1n) is 3.82. The summed E-state index contributed by atoms with van der Waals surface area (Å²) in [6, 6.07) is 0. The van der Waals surface area contributed by atoms with Crippen LogP contribution in [-0.2, 0) is 4.84 Å². The normalized spacial score (nSPS) is 31.1. The van der Waals surface area contributed by atoms with Gasteiger partial charge in [-0.1, -0.05) is 0 Å². The topological polar surface area (TPSA) is 55.5 Å². The van der Waals surface area contributed by atoms with Gasteiger partial charge in [-0.05, 0) is 31.6 Å². The van der Waals surface area contributed by atoms with E-state index in [1.54, 1.807) is 0 Å². The van der Waals surface area contributed by atoms with E-state index in [9.17, 15) is 0 Å². The third kappa shape index (κ3) is 3.91. The monoisotopic (exact) mass is 181 g/mol. The van der Waals surface area contributed by atoms with Gasteiger partial charge in [-0.3, -0.25) is 0 Å². The maximum Gasteiger partial charge on any atom is 0.0707 e. The number of halogens is 1. The van der Waals surface area contributed by atoms with Gasteiger partial charge in [-0.25, -0.2) is 5.90 Å². The molecule has 0 bridgehead atoms. The van der Waals surface area contributed by atoms with Crippen LogP contribution in [0.25, 0.3) is 0 Å². The highest BCUT2D eigenvalue weighted by molar-refractivity contribution is 5.85. The van der Waals surface area contributed by atoms with Crippen LogP contribution >= 0.6 is 12.4 Å². The van der Waals surface area contributed by atoms with E-state index in [4.69, 9.17) is 11.0 Å². The van der Waals surface area contributed by atoms with Crippen LogP contribution in [-0.4, -0.2) is 17.8 Å². The maximum atomic E-state index is 9.12. The van der Waals surface area contributed by atoms with E-state index in [-0.39, 0.29) is 18.5 Å². The first-order chi connectivity index (χ1) is 4.83. The van der Waals surface area contributed by atoms with Crippen LogP contribution in [0.5, 0.6) is 0 Å². The molecular weight excluding hydrogens is 166 g/mol. The quantitative estimate of drug-likeness (QED) is 0.621. The van der Waals surface area contributed by atoms with Crippen molar-refractivity contribution in [3.63, 3.8) is 0 Å². The van der Waals surface area contributed by atoms with Gasteiger partial charge in [0.25, 0.3) is 0 Å². The number of nitrogens with two attached hydrogens (primary N) is 1. The molecule has 4 heteroatoms. The van der Waals surface area contributed by atoms with Crippen molar-refractivity contribution in [3.05, 3.63) is 0 Å². The van der Waals surface area contributed by atoms with E-state index >= 15 is 0 Å². The van der Waals surface area contributed by atoms with Gasteiger partial charge in [0.15, 0.2) is 0 Å². The Morgan fingerprint density at radius 3 is 2.27 bits per heavy atom. The lowest BCUT2D eigenvalue weighted by Crippen LogP contribution is -2.22. The van der Waals surface area contributed by atoms with Crippen LogP contribution < -0.4 is 5.90 Å². The molecule has 0 aromatic rings. The van der Waals surface area contributed by atoms with Crippen LogP contribution in [0.2, 0.25) is 0 Å². The Morgan fingerprint density at radius 1 is 1.27 bits per heavy atom. The average molecular weight is 182 g/mol. The maximum absolute atomic E-state index is 9.12. The molecule has 0 aromatic heterocycles. The van der Waals surface area contributed by atoms with Gasteiger partial charge in [0.2, 0.25) is 0 Å². The van der Waals surface area contributed by atoms with E-state index < -0.39 is 0 Å². The summed E-state index contributed by atoms with van der Waals surface area (Å²) in [6.07, 6.45) is 3.85. The molecule has 3 nitrogen and oxygen atoms in total. The van der Waals surface area contributed by atoms with E-state index in [0.717, 1.165) is 25.7 Å². The van der Waals surface area contributed by atoms with Gasteiger partial charge in [0, 0.05) is 0 Å². The molecule has 0 aliphatic heterocycles. The highest BCUT2D eigenvalue weighted by Gasteiger charge is 2.18. The number of hydrogen-bond donors (Lipinski definition) is 2. The zero-order valence-electron chi connectivity index (χ0n) is 6.53. The van der Waals surface area contributed by atoms with Gasteiger partial charge < -0.3 is 9.94 Å². The Bertz CT molecular complexity index is 94.4. The van der Waals surface area contributed by atoms with Crippen LogP contribution in [0.3, 0.4) is 0 Å². The number of aliphatic hydroxyl groups is 1. The molecule has 11 heavy (non-hydrogen) atoms. The van der Waals surface area contributed by atoms with Gasteiger partial charge in [-0.2, -0.15) is 0 Å². The lowest BCUT2D eigenvalue weighted by Gasteiger charge is -2.23. The van der Waals surface area contributed by atoms with Crippen molar-refractivity contribution in [2.75, 3.05) is 6.61 Å². The molecular formula is C7H16ClNO2.